The molecule has 0 radical (unpaired) electrons. The summed E-state index contributed by atoms with van der Waals surface area (Å²) in [6, 6.07) is 9.21. The molecule has 0 spiro atoms. The van der Waals surface area contributed by atoms with Crippen molar-refractivity contribution in [2.45, 2.75) is 31.3 Å². The quantitative estimate of drug-likeness (QED) is 0.581. The van der Waals surface area contributed by atoms with Gasteiger partial charge in [0.2, 0.25) is 5.82 Å². The van der Waals surface area contributed by atoms with E-state index < -0.39 is 17.8 Å². The number of fused-ring (bicyclic) bond motifs is 2. The molecule has 0 aliphatic carbocycles. The first-order valence-corrected chi connectivity index (χ1v) is 10.4. The zero-order valence-corrected chi connectivity index (χ0v) is 17.2. The summed E-state index contributed by atoms with van der Waals surface area (Å²) in [5.41, 5.74) is 1.07. The molecule has 3 heterocycles. The van der Waals surface area contributed by atoms with Crippen molar-refractivity contribution in [1.82, 2.24) is 14.9 Å². The normalized spacial score (nSPS) is 24.2. The second kappa shape index (κ2) is 7.93. The van der Waals surface area contributed by atoms with Gasteiger partial charge in [-0.3, -0.25) is 4.90 Å². The number of para-hydroxylation sites is 1. The largest absolute Gasteiger partial charge is 0.491 e. The van der Waals surface area contributed by atoms with Crippen molar-refractivity contribution in [3.05, 3.63) is 53.6 Å². The summed E-state index contributed by atoms with van der Waals surface area (Å²) in [6.07, 6.45) is -4.62. The predicted octanol–water partition coefficient (Wildman–Crippen LogP) is 4.36. The Bertz CT molecular complexity index is 1130. The van der Waals surface area contributed by atoms with Gasteiger partial charge in [-0.1, -0.05) is 18.2 Å². The predicted molar refractivity (Wildman–Crippen MR) is 110 cm³/mol. The molecule has 5 rings (SSSR count). The molecule has 2 N–H and O–H groups in total. The summed E-state index contributed by atoms with van der Waals surface area (Å²) in [5.74, 6) is -1.13. The molecule has 0 bridgehead atoms. The van der Waals surface area contributed by atoms with Gasteiger partial charge in [0.25, 0.3) is 0 Å². The minimum Gasteiger partial charge on any atom is -0.491 e. The van der Waals surface area contributed by atoms with Crippen molar-refractivity contribution in [2.75, 3.05) is 31.6 Å². The van der Waals surface area contributed by atoms with E-state index in [1.54, 1.807) is 0 Å². The monoisotopic (exact) mass is 450 g/mol. The van der Waals surface area contributed by atoms with Crippen LogP contribution in [0.25, 0.3) is 11.0 Å². The summed E-state index contributed by atoms with van der Waals surface area (Å²) in [6.45, 7) is 4.33. The second-order valence-electron chi connectivity index (χ2n) is 8.15. The Hall–Kier alpha value is -2.85. The number of benzene rings is 2. The first kappa shape index (κ1) is 21.0. The third-order valence-electron chi connectivity index (χ3n) is 5.92. The molecular formula is C22H22F4N4O2. The van der Waals surface area contributed by atoms with E-state index in [1.165, 1.54) is 6.07 Å². The fraction of sp³-hybridized carbons (Fsp3) is 0.409. The van der Waals surface area contributed by atoms with Crippen LogP contribution < -0.4 is 10.1 Å². The standard InChI is InChI=1S/C22H22F4N4O2/c1-12-10-30(6-7-31-12)17-11-32-18-5-3-2-4-14(18)19(17)27-15-8-13(23)9-16-20(15)29-21(28-16)22(24,25)26/h2-5,8-9,12,17,19,27H,6-7,10-11H2,1H3,(H,28,29). The number of imidazole rings is 1. The molecule has 2 aliphatic rings. The van der Waals surface area contributed by atoms with E-state index in [9.17, 15) is 17.6 Å². The maximum Gasteiger partial charge on any atom is 0.449 e. The lowest BCUT2D eigenvalue weighted by molar-refractivity contribution is -0.144. The molecule has 3 atom stereocenters. The van der Waals surface area contributed by atoms with Crippen LogP contribution in [0.2, 0.25) is 0 Å². The number of H-pyrrole nitrogens is 1. The first-order valence-electron chi connectivity index (χ1n) is 10.4. The molecule has 0 saturated carbocycles. The number of halogens is 4. The lowest BCUT2D eigenvalue weighted by atomic mass is 9.94. The number of aromatic nitrogens is 2. The van der Waals surface area contributed by atoms with E-state index in [1.807, 2.05) is 31.2 Å². The van der Waals surface area contributed by atoms with Crippen LogP contribution in [0.4, 0.5) is 23.2 Å². The van der Waals surface area contributed by atoms with Crippen molar-refractivity contribution >= 4 is 16.7 Å². The number of nitrogens with zero attached hydrogens (tertiary/aromatic N) is 2. The molecule has 3 unspecified atom stereocenters. The first-order chi connectivity index (χ1) is 15.3. The zero-order valence-electron chi connectivity index (χ0n) is 17.2. The number of morpholine rings is 1. The molecule has 32 heavy (non-hydrogen) atoms. The third kappa shape index (κ3) is 3.88. The minimum atomic E-state index is -4.66. The average molecular weight is 450 g/mol. The van der Waals surface area contributed by atoms with Crippen molar-refractivity contribution < 1.29 is 27.0 Å². The zero-order chi connectivity index (χ0) is 22.5. The second-order valence-corrected chi connectivity index (χ2v) is 8.15. The van der Waals surface area contributed by atoms with Crippen LogP contribution in [0.3, 0.4) is 0 Å². The number of hydrogen-bond acceptors (Lipinski definition) is 5. The Morgan fingerprint density at radius 2 is 2.03 bits per heavy atom. The van der Waals surface area contributed by atoms with Gasteiger partial charge < -0.3 is 19.8 Å². The van der Waals surface area contributed by atoms with E-state index >= 15 is 0 Å². The van der Waals surface area contributed by atoms with Crippen LogP contribution in [0, 0.1) is 5.82 Å². The summed E-state index contributed by atoms with van der Waals surface area (Å²) in [4.78, 5) is 8.15. The number of rotatable bonds is 3. The van der Waals surface area contributed by atoms with Crippen molar-refractivity contribution in [1.29, 1.82) is 0 Å². The molecule has 10 heteroatoms. The molecule has 6 nitrogen and oxygen atoms in total. The van der Waals surface area contributed by atoms with Gasteiger partial charge in [-0.25, -0.2) is 9.37 Å². The van der Waals surface area contributed by atoms with Crippen LogP contribution in [-0.4, -0.2) is 53.3 Å². The molecule has 2 aromatic carbocycles. The highest BCUT2D eigenvalue weighted by atomic mass is 19.4. The number of ether oxygens (including phenoxy) is 2. The van der Waals surface area contributed by atoms with Gasteiger partial charge in [0, 0.05) is 18.7 Å². The van der Waals surface area contributed by atoms with Crippen molar-refractivity contribution in [3.8, 4) is 5.75 Å². The van der Waals surface area contributed by atoms with Crippen LogP contribution in [0.15, 0.2) is 36.4 Å². The van der Waals surface area contributed by atoms with Crippen LogP contribution in [0.1, 0.15) is 24.4 Å². The Morgan fingerprint density at radius 1 is 1.22 bits per heavy atom. The fourth-order valence-corrected chi connectivity index (χ4v) is 4.48. The smallest absolute Gasteiger partial charge is 0.449 e. The number of alkyl halides is 3. The molecule has 0 amide bonds. The van der Waals surface area contributed by atoms with Crippen LogP contribution >= 0.6 is 0 Å². The van der Waals surface area contributed by atoms with Crippen LogP contribution in [0.5, 0.6) is 5.75 Å². The summed E-state index contributed by atoms with van der Waals surface area (Å²) >= 11 is 0. The lowest BCUT2D eigenvalue weighted by Crippen LogP contribution is -2.54. The fourth-order valence-electron chi connectivity index (χ4n) is 4.48. The van der Waals surface area contributed by atoms with Gasteiger partial charge >= 0.3 is 6.18 Å². The topological polar surface area (TPSA) is 62.4 Å². The highest BCUT2D eigenvalue weighted by Gasteiger charge is 2.38. The summed E-state index contributed by atoms with van der Waals surface area (Å²) in [5, 5.41) is 3.30. The van der Waals surface area contributed by atoms with E-state index in [0.717, 1.165) is 11.6 Å². The van der Waals surface area contributed by atoms with Crippen molar-refractivity contribution in [2.24, 2.45) is 0 Å². The van der Waals surface area contributed by atoms with E-state index in [2.05, 4.69) is 20.2 Å². The Balaban J connectivity index is 1.56. The lowest BCUT2D eigenvalue weighted by Gasteiger charge is -2.44. The van der Waals surface area contributed by atoms with Gasteiger partial charge in [0.15, 0.2) is 0 Å². The molecule has 170 valence electrons. The Morgan fingerprint density at radius 3 is 2.81 bits per heavy atom. The van der Waals surface area contributed by atoms with Gasteiger partial charge in [-0.15, -0.1) is 0 Å². The SMILES string of the molecule is CC1CN(C2COc3ccccc3C2Nc2cc(F)cc3[nH]c(C(F)(F)F)nc23)CCO1. The van der Waals surface area contributed by atoms with Crippen molar-refractivity contribution in [3.63, 3.8) is 0 Å². The van der Waals surface area contributed by atoms with Gasteiger partial charge in [-0.2, -0.15) is 13.2 Å². The molecular weight excluding hydrogens is 428 g/mol. The van der Waals surface area contributed by atoms with E-state index in [-0.39, 0.29) is 34.9 Å². The number of hydrogen-bond donors (Lipinski definition) is 2. The molecule has 1 fully saturated rings. The van der Waals surface area contributed by atoms with E-state index in [4.69, 9.17) is 9.47 Å². The highest BCUT2D eigenvalue weighted by molar-refractivity contribution is 5.88. The number of anilines is 1. The molecule has 1 saturated heterocycles. The van der Waals surface area contributed by atoms with Gasteiger partial charge in [0.05, 0.1) is 36.0 Å². The maximum absolute atomic E-state index is 14.3. The number of aromatic amines is 1. The van der Waals surface area contributed by atoms with Crippen LogP contribution in [-0.2, 0) is 10.9 Å². The summed E-state index contributed by atoms with van der Waals surface area (Å²) < 4.78 is 65.6. The maximum atomic E-state index is 14.3. The molecule has 2 aliphatic heterocycles. The molecule has 1 aromatic heterocycles. The number of nitrogens with one attached hydrogen (secondary N) is 2. The Kier molecular flexibility index (Phi) is 5.21. The summed E-state index contributed by atoms with van der Waals surface area (Å²) in [7, 11) is 0. The highest BCUT2D eigenvalue weighted by Crippen LogP contribution is 2.39. The van der Waals surface area contributed by atoms with Gasteiger partial charge in [-0.05, 0) is 25.1 Å². The van der Waals surface area contributed by atoms with E-state index in [0.29, 0.717) is 32.1 Å². The Labute approximate surface area is 181 Å². The third-order valence-corrected chi connectivity index (χ3v) is 5.92. The minimum absolute atomic E-state index is 0.0169. The average Bonchev–Trinajstić information content (AvgIpc) is 3.19. The molecule has 3 aromatic rings. The van der Waals surface area contributed by atoms with Gasteiger partial charge in [0.1, 0.15) is 23.7 Å².